The smallest absolute Gasteiger partial charge is 0.238 e. The van der Waals surface area contributed by atoms with Gasteiger partial charge in [0.2, 0.25) is 11.8 Å². The molecule has 4 atom stereocenters. The Morgan fingerprint density at radius 2 is 1.12 bits per heavy atom. The summed E-state index contributed by atoms with van der Waals surface area (Å²) < 4.78 is 0. The highest BCUT2D eigenvalue weighted by Crippen LogP contribution is 2.58. The highest BCUT2D eigenvalue weighted by Gasteiger charge is 2.62. The Morgan fingerprint density at radius 3 is 1.59 bits per heavy atom. The van der Waals surface area contributed by atoms with Gasteiger partial charge >= 0.3 is 0 Å². The molecule has 0 unspecified atom stereocenters. The van der Waals surface area contributed by atoms with Gasteiger partial charge in [0.25, 0.3) is 0 Å². The van der Waals surface area contributed by atoms with Gasteiger partial charge in [-0.1, -0.05) is 90.5 Å². The number of fused-ring (bicyclic) bond motifs is 5. The van der Waals surface area contributed by atoms with E-state index in [0.717, 1.165) is 22.3 Å². The zero-order valence-corrected chi connectivity index (χ0v) is 17.8. The second kappa shape index (κ2) is 7.16. The summed E-state index contributed by atoms with van der Waals surface area (Å²) in [6, 6.07) is 28.3. The van der Waals surface area contributed by atoms with Crippen molar-refractivity contribution in [1.82, 2.24) is 0 Å². The monoisotopic (exact) mass is 417 g/mol. The number of carbonyl (C=O) groups is 2. The van der Waals surface area contributed by atoms with Crippen LogP contribution in [-0.2, 0) is 9.59 Å². The average Bonchev–Trinajstić information content (AvgIpc) is 3.46. The van der Waals surface area contributed by atoms with Crippen molar-refractivity contribution in [3.05, 3.63) is 119 Å². The van der Waals surface area contributed by atoms with Crippen LogP contribution in [0.1, 0.15) is 16.7 Å². The van der Waals surface area contributed by atoms with Gasteiger partial charge in [-0.2, -0.15) is 0 Å². The van der Waals surface area contributed by atoms with Gasteiger partial charge in [-0.15, -0.1) is 0 Å². The van der Waals surface area contributed by atoms with E-state index in [1.54, 1.807) is 0 Å². The van der Waals surface area contributed by atoms with E-state index >= 15 is 0 Å². The van der Waals surface area contributed by atoms with Crippen LogP contribution in [-0.4, -0.2) is 11.8 Å². The van der Waals surface area contributed by atoms with Crippen LogP contribution in [0, 0.1) is 30.6 Å². The first-order valence-electron chi connectivity index (χ1n) is 11.1. The number of benzene rings is 3. The molecule has 3 aromatic carbocycles. The van der Waals surface area contributed by atoms with E-state index in [4.69, 9.17) is 0 Å². The summed E-state index contributed by atoms with van der Waals surface area (Å²) in [6.45, 7) is 2.00. The summed E-state index contributed by atoms with van der Waals surface area (Å²) >= 11 is 0. The van der Waals surface area contributed by atoms with E-state index in [0.29, 0.717) is 5.69 Å². The van der Waals surface area contributed by atoms with Gasteiger partial charge in [0, 0.05) is 11.8 Å². The van der Waals surface area contributed by atoms with E-state index in [1.807, 2.05) is 67.6 Å². The highest BCUT2D eigenvalue weighted by molar-refractivity contribution is 6.23. The number of allylic oxidation sites excluding steroid dienone is 3. The van der Waals surface area contributed by atoms with Gasteiger partial charge in [-0.25, -0.2) is 4.90 Å². The van der Waals surface area contributed by atoms with Crippen molar-refractivity contribution in [3.63, 3.8) is 0 Å². The summed E-state index contributed by atoms with van der Waals surface area (Å²) in [5.41, 5.74) is 6.41. The fraction of sp³-hybridized carbons (Fsp3) is 0.172. The number of carbonyl (C=O) groups excluding carboxylic acids is 2. The topological polar surface area (TPSA) is 37.4 Å². The van der Waals surface area contributed by atoms with Crippen LogP contribution < -0.4 is 4.90 Å². The molecule has 156 valence electrons. The van der Waals surface area contributed by atoms with E-state index in [9.17, 15) is 9.59 Å². The second-order valence-electron chi connectivity index (χ2n) is 8.90. The molecule has 1 heterocycles. The first-order valence-corrected chi connectivity index (χ1v) is 11.1. The molecular weight excluding hydrogens is 394 g/mol. The highest BCUT2D eigenvalue weighted by atomic mass is 16.2. The predicted octanol–water partition coefficient (Wildman–Crippen LogP) is 5.42. The summed E-state index contributed by atoms with van der Waals surface area (Å²) in [7, 11) is 0. The van der Waals surface area contributed by atoms with Crippen LogP contribution in [0.3, 0.4) is 0 Å². The summed E-state index contributed by atoms with van der Waals surface area (Å²) in [5.74, 6) is -0.885. The molecule has 6 rings (SSSR count). The minimum absolute atomic E-state index is 0.0488. The Morgan fingerprint density at radius 1 is 0.656 bits per heavy atom. The standard InChI is InChI=1S/C29H23NO2/c1-18-12-14-21(15-13-18)30-28(31)26-22-16-17-23(27(26)29(30)32)25(22)24(19-8-4-2-5-9-19)20-10-6-3-7-11-20/h2-17,22-23,26-27H,1H3/t22-,23+,26-,27+. The number of aryl methyl sites for hydroxylation is 1. The third-order valence-corrected chi connectivity index (χ3v) is 7.12. The number of hydrogen-bond donors (Lipinski definition) is 0. The fourth-order valence-corrected chi connectivity index (χ4v) is 5.75. The van der Waals surface area contributed by atoms with Crippen molar-refractivity contribution in [2.75, 3.05) is 4.90 Å². The molecule has 0 N–H and O–H groups in total. The number of hydrogen-bond acceptors (Lipinski definition) is 2. The third-order valence-electron chi connectivity index (χ3n) is 7.12. The Labute approximate surface area is 187 Å². The van der Waals surface area contributed by atoms with Gasteiger partial charge in [0.05, 0.1) is 17.5 Å². The number of amides is 2. The van der Waals surface area contributed by atoms with Crippen molar-refractivity contribution in [2.45, 2.75) is 6.92 Å². The van der Waals surface area contributed by atoms with E-state index in [1.165, 1.54) is 10.5 Å². The van der Waals surface area contributed by atoms with E-state index < -0.39 is 0 Å². The molecule has 2 fully saturated rings. The first kappa shape index (κ1) is 19.0. The maximum absolute atomic E-state index is 13.6. The zero-order chi connectivity index (χ0) is 21.8. The Balaban J connectivity index is 1.48. The molecule has 1 saturated heterocycles. The quantitative estimate of drug-likeness (QED) is 0.422. The lowest BCUT2D eigenvalue weighted by molar-refractivity contribution is -0.122. The van der Waals surface area contributed by atoms with Gasteiger partial charge in [-0.3, -0.25) is 9.59 Å². The van der Waals surface area contributed by atoms with E-state index in [2.05, 4.69) is 36.4 Å². The van der Waals surface area contributed by atoms with E-state index in [-0.39, 0.29) is 35.5 Å². The zero-order valence-electron chi connectivity index (χ0n) is 17.8. The normalized spacial score (nSPS) is 25.5. The Bertz CT molecular complexity index is 1200. The number of imide groups is 1. The van der Waals surface area contributed by atoms with Crippen LogP contribution in [0.15, 0.2) is 103 Å². The summed E-state index contributed by atoms with van der Waals surface area (Å²) in [6.07, 6.45) is 4.30. The van der Waals surface area contributed by atoms with Crippen molar-refractivity contribution < 1.29 is 9.59 Å². The van der Waals surface area contributed by atoms with Crippen LogP contribution in [0.2, 0.25) is 0 Å². The lowest BCUT2D eigenvalue weighted by Gasteiger charge is -2.21. The molecule has 2 bridgehead atoms. The van der Waals surface area contributed by atoms with Crippen LogP contribution in [0.25, 0.3) is 5.57 Å². The largest absolute Gasteiger partial charge is 0.274 e. The van der Waals surface area contributed by atoms with Crippen molar-refractivity contribution >= 4 is 23.1 Å². The van der Waals surface area contributed by atoms with Crippen molar-refractivity contribution in [2.24, 2.45) is 23.7 Å². The molecule has 1 saturated carbocycles. The molecule has 2 amide bonds. The van der Waals surface area contributed by atoms with Gasteiger partial charge in [0.15, 0.2) is 0 Å². The first-order chi connectivity index (χ1) is 15.6. The molecule has 1 aliphatic heterocycles. The minimum Gasteiger partial charge on any atom is -0.274 e. The minimum atomic E-state index is -0.323. The molecule has 0 spiro atoms. The number of anilines is 1. The van der Waals surface area contributed by atoms with Crippen molar-refractivity contribution in [3.8, 4) is 0 Å². The third kappa shape index (κ3) is 2.67. The molecular formula is C29H23NO2. The molecule has 3 aliphatic rings. The second-order valence-corrected chi connectivity index (χ2v) is 8.90. The number of nitrogens with zero attached hydrogens (tertiary/aromatic N) is 1. The maximum atomic E-state index is 13.6. The molecule has 0 radical (unpaired) electrons. The van der Waals surface area contributed by atoms with Crippen LogP contribution in [0.5, 0.6) is 0 Å². The summed E-state index contributed by atoms with van der Waals surface area (Å²) in [5, 5.41) is 0. The molecule has 3 aromatic rings. The predicted molar refractivity (Wildman–Crippen MR) is 126 cm³/mol. The van der Waals surface area contributed by atoms with Crippen LogP contribution in [0.4, 0.5) is 5.69 Å². The molecule has 3 nitrogen and oxygen atoms in total. The SMILES string of the molecule is Cc1ccc(N2C(=O)[C@@H]3[C@H](C2=O)[C@@H]2C=C[C@H]3C2=C(c2ccccc2)c2ccccc2)cc1. The van der Waals surface area contributed by atoms with Gasteiger partial charge in [0.1, 0.15) is 0 Å². The lowest BCUT2D eigenvalue weighted by atomic mass is 9.85. The van der Waals surface area contributed by atoms with Gasteiger partial charge < -0.3 is 0 Å². The molecule has 2 aliphatic carbocycles. The molecule has 32 heavy (non-hydrogen) atoms. The average molecular weight is 418 g/mol. The molecule has 0 aromatic heterocycles. The van der Waals surface area contributed by atoms with Crippen molar-refractivity contribution in [1.29, 1.82) is 0 Å². The lowest BCUT2D eigenvalue weighted by Crippen LogP contribution is -2.33. The van der Waals surface area contributed by atoms with Gasteiger partial charge in [-0.05, 0) is 41.3 Å². The Hall–Kier alpha value is -3.72. The fourth-order valence-electron chi connectivity index (χ4n) is 5.75. The van der Waals surface area contributed by atoms with Crippen LogP contribution >= 0.6 is 0 Å². The maximum Gasteiger partial charge on any atom is 0.238 e. The Kier molecular flexibility index (Phi) is 4.25. The number of rotatable bonds is 3. The summed E-state index contributed by atoms with van der Waals surface area (Å²) in [4.78, 5) is 28.5. The molecule has 3 heteroatoms.